The maximum atomic E-state index is 12.1. The van der Waals surface area contributed by atoms with Gasteiger partial charge >= 0.3 is 0 Å². The summed E-state index contributed by atoms with van der Waals surface area (Å²) in [7, 11) is 0. The fourth-order valence-electron chi connectivity index (χ4n) is 2.83. The molecule has 6 heteroatoms. The third kappa shape index (κ3) is 3.53. The number of hydrogen-bond donors (Lipinski definition) is 2. The molecule has 0 saturated carbocycles. The average molecular weight is 352 g/mol. The van der Waals surface area contributed by atoms with Crippen molar-refractivity contribution in [1.29, 1.82) is 0 Å². The molecular weight excluding hydrogens is 336 g/mol. The fourth-order valence-corrected chi connectivity index (χ4v) is 3.62. The van der Waals surface area contributed by atoms with E-state index in [1.165, 1.54) is 23.4 Å². The number of anilines is 2. The number of carbonyl (C=O) groups excluding carboxylic acids is 2. The van der Waals surface area contributed by atoms with Crippen LogP contribution >= 0.6 is 11.8 Å². The van der Waals surface area contributed by atoms with Crippen LogP contribution in [0, 0.1) is 0 Å². The van der Waals surface area contributed by atoms with E-state index in [9.17, 15) is 9.59 Å². The lowest BCUT2D eigenvalue weighted by molar-refractivity contribution is -0.114. The third-order valence-corrected chi connectivity index (χ3v) is 5.09. The first-order valence-corrected chi connectivity index (χ1v) is 8.97. The zero-order chi connectivity index (χ0) is 17.2. The summed E-state index contributed by atoms with van der Waals surface area (Å²) in [5.41, 5.74) is 3.53. The molecule has 2 aliphatic heterocycles. The van der Waals surface area contributed by atoms with Gasteiger partial charge in [0.15, 0.2) is 0 Å². The molecule has 0 spiro atoms. The molecule has 4 rings (SSSR count). The van der Waals surface area contributed by atoms with E-state index in [0.29, 0.717) is 11.4 Å². The Hall–Kier alpha value is -2.73. The Bertz CT molecular complexity index is 892. The van der Waals surface area contributed by atoms with Gasteiger partial charge in [-0.1, -0.05) is 6.07 Å². The Balaban J connectivity index is 1.43. The lowest BCUT2D eigenvalue weighted by Crippen LogP contribution is -2.19. The molecule has 0 radical (unpaired) electrons. The van der Waals surface area contributed by atoms with Crippen LogP contribution in [-0.2, 0) is 16.0 Å². The van der Waals surface area contributed by atoms with E-state index >= 15 is 0 Å². The van der Waals surface area contributed by atoms with E-state index in [0.717, 1.165) is 34.9 Å². The van der Waals surface area contributed by atoms with Gasteiger partial charge < -0.3 is 15.4 Å². The minimum Gasteiger partial charge on any atom is -0.493 e. The van der Waals surface area contributed by atoms with Gasteiger partial charge in [0.2, 0.25) is 11.8 Å². The van der Waals surface area contributed by atoms with Gasteiger partial charge in [-0.2, -0.15) is 0 Å². The van der Waals surface area contributed by atoms with Crippen LogP contribution in [0.2, 0.25) is 0 Å². The second-order valence-corrected chi connectivity index (χ2v) is 6.85. The number of hydrogen-bond acceptors (Lipinski definition) is 4. The summed E-state index contributed by atoms with van der Waals surface area (Å²) in [6.07, 6.45) is 4.19. The van der Waals surface area contributed by atoms with Gasteiger partial charge in [0.05, 0.1) is 18.0 Å². The van der Waals surface area contributed by atoms with Crippen molar-refractivity contribution >= 4 is 41.0 Å². The Morgan fingerprint density at radius 2 is 2.16 bits per heavy atom. The normalized spacial score (nSPS) is 15.3. The molecule has 126 valence electrons. The van der Waals surface area contributed by atoms with Crippen molar-refractivity contribution in [2.24, 2.45) is 0 Å². The largest absolute Gasteiger partial charge is 0.493 e. The van der Waals surface area contributed by atoms with Crippen molar-refractivity contribution in [3.8, 4) is 5.75 Å². The molecule has 25 heavy (non-hydrogen) atoms. The Labute approximate surface area is 149 Å². The van der Waals surface area contributed by atoms with Crippen molar-refractivity contribution in [1.82, 2.24) is 0 Å². The third-order valence-electron chi connectivity index (χ3n) is 4.02. The SMILES string of the molecule is O=C(/C=C/c1ccc2c(c1)CCO2)Nc1ccc2c(c1)NC(=O)CS2. The van der Waals surface area contributed by atoms with Crippen LogP contribution in [0.1, 0.15) is 11.1 Å². The molecule has 0 atom stereocenters. The van der Waals surface area contributed by atoms with E-state index in [4.69, 9.17) is 4.74 Å². The van der Waals surface area contributed by atoms with Gasteiger partial charge in [-0.05, 0) is 47.5 Å². The highest BCUT2D eigenvalue weighted by molar-refractivity contribution is 8.00. The van der Waals surface area contributed by atoms with Gasteiger partial charge in [0.1, 0.15) is 5.75 Å². The van der Waals surface area contributed by atoms with Crippen LogP contribution in [0.25, 0.3) is 6.08 Å². The van der Waals surface area contributed by atoms with Gasteiger partial charge in [0, 0.05) is 23.1 Å². The second kappa shape index (κ2) is 6.64. The minimum absolute atomic E-state index is 0.0264. The van der Waals surface area contributed by atoms with Crippen LogP contribution in [-0.4, -0.2) is 24.2 Å². The molecule has 0 bridgehead atoms. The molecule has 0 unspecified atom stereocenters. The summed E-state index contributed by atoms with van der Waals surface area (Å²) in [6, 6.07) is 11.4. The molecule has 0 fully saturated rings. The lowest BCUT2D eigenvalue weighted by atomic mass is 10.1. The summed E-state index contributed by atoms with van der Waals surface area (Å²) in [4.78, 5) is 24.6. The van der Waals surface area contributed by atoms with E-state index in [1.54, 1.807) is 12.1 Å². The van der Waals surface area contributed by atoms with E-state index < -0.39 is 0 Å². The standard InChI is InChI=1S/C19H16N2O3S/c22-18(6-2-12-1-4-16-13(9-12)7-8-24-16)20-14-3-5-17-15(10-14)21-19(23)11-25-17/h1-6,9-10H,7-8,11H2,(H,20,22)(H,21,23)/b6-2+. The minimum atomic E-state index is -0.216. The highest BCUT2D eigenvalue weighted by Crippen LogP contribution is 2.33. The molecule has 2 aliphatic rings. The van der Waals surface area contributed by atoms with Crippen molar-refractivity contribution < 1.29 is 14.3 Å². The molecule has 2 N–H and O–H groups in total. The number of rotatable bonds is 3. The van der Waals surface area contributed by atoms with E-state index in [1.807, 2.05) is 30.3 Å². The van der Waals surface area contributed by atoms with E-state index in [2.05, 4.69) is 10.6 Å². The summed E-state index contributed by atoms with van der Waals surface area (Å²) < 4.78 is 5.48. The number of benzene rings is 2. The number of fused-ring (bicyclic) bond motifs is 2. The Morgan fingerprint density at radius 1 is 1.24 bits per heavy atom. The van der Waals surface area contributed by atoms with Crippen LogP contribution in [0.15, 0.2) is 47.4 Å². The highest BCUT2D eigenvalue weighted by atomic mass is 32.2. The molecule has 0 aliphatic carbocycles. The maximum Gasteiger partial charge on any atom is 0.248 e. The summed E-state index contributed by atoms with van der Waals surface area (Å²) >= 11 is 1.49. The molecule has 0 saturated heterocycles. The maximum absolute atomic E-state index is 12.1. The van der Waals surface area contributed by atoms with E-state index in [-0.39, 0.29) is 11.8 Å². The molecular formula is C19H16N2O3S. The summed E-state index contributed by atoms with van der Waals surface area (Å²) in [5, 5.41) is 5.63. The Kier molecular flexibility index (Phi) is 4.19. The first-order chi connectivity index (χ1) is 12.2. The number of carbonyl (C=O) groups is 2. The van der Waals surface area contributed by atoms with Crippen LogP contribution < -0.4 is 15.4 Å². The lowest BCUT2D eigenvalue weighted by Gasteiger charge is -2.17. The van der Waals surface area contributed by atoms with Gasteiger partial charge in [-0.15, -0.1) is 11.8 Å². The second-order valence-electron chi connectivity index (χ2n) is 5.84. The Morgan fingerprint density at radius 3 is 3.08 bits per heavy atom. The quantitative estimate of drug-likeness (QED) is 0.832. The number of thioether (sulfide) groups is 1. The topological polar surface area (TPSA) is 67.4 Å². The fraction of sp³-hybridized carbons (Fsp3) is 0.158. The van der Waals surface area contributed by atoms with Crippen LogP contribution in [0.5, 0.6) is 5.75 Å². The van der Waals surface area contributed by atoms with Crippen molar-refractivity contribution in [2.45, 2.75) is 11.3 Å². The van der Waals surface area contributed by atoms with Crippen molar-refractivity contribution in [2.75, 3.05) is 23.0 Å². The number of ether oxygens (including phenoxy) is 1. The van der Waals surface area contributed by atoms with Crippen molar-refractivity contribution in [3.05, 3.63) is 53.6 Å². The molecule has 2 aromatic carbocycles. The summed E-state index contributed by atoms with van der Waals surface area (Å²) in [6.45, 7) is 0.718. The predicted octanol–water partition coefficient (Wildman–Crippen LogP) is 3.32. The van der Waals surface area contributed by atoms with Gasteiger partial charge in [0.25, 0.3) is 0 Å². The first kappa shape index (κ1) is 15.8. The predicted molar refractivity (Wildman–Crippen MR) is 99.1 cm³/mol. The zero-order valence-corrected chi connectivity index (χ0v) is 14.2. The number of amides is 2. The highest BCUT2D eigenvalue weighted by Gasteiger charge is 2.15. The number of nitrogens with one attached hydrogen (secondary N) is 2. The molecule has 2 aromatic rings. The molecule has 5 nitrogen and oxygen atoms in total. The average Bonchev–Trinajstić information content (AvgIpc) is 3.07. The van der Waals surface area contributed by atoms with Crippen LogP contribution in [0.3, 0.4) is 0 Å². The van der Waals surface area contributed by atoms with Gasteiger partial charge in [-0.25, -0.2) is 0 Å². The van der Waals surface area contributed by atoms with Crippen LogP contribution in [0.4, 0.5) is 11.4 Å². The smallest absolute Gasteiger partial charge is 0.248 e. The first-order valence-electron chi connectivity index (χ1n) is 7.99. The van der Waals surface area contributed by atoms with Crippen molar-refractivity contribution in [3.63, 3.8) is 0 Å². The molecule has 2 heterocycles. The molecule has 0 aromatic heterocycles. The zero-order valence-electron chi connectivity index (χ0n) is 13.4. The summed E-state index contributed by atoms with van der Waals surface area (Å²) in [5.74, 6) is 1.11. The monoisotopic (exact) mass is 352 g/mol. The molecule has 2 amide bonds. The van der Waals surface area contributed by atoms with Gasteiger partial charge in [-0.3, -0.25) is 9.59 Å².